The predicted molar refractivity (Wildman–Crippen MR) is 72.7 cm³/mol. The minimum absolute atomic E-state index is 0.136. The van der Waals surface area contributed by atoms with Gasteiger partial charge in [-0.25, -0.2) is 4.68 Å². The lowest BCUT2D eigenvalue weighted by Gasteiger charge is -2.08. The molecular formula is C12H13ClN4O. The van der Waals surface area contributed by atoms with Gasteiger partial charge in [-0.15, -0.1) is 0 Å². The molecule has 5 nitrogen and oxygen atoms in total. The molecule has 0 unspecified atom stereocenters. The van der Waals surface area contributed by atoms with Crippen LogP contribution in [0, 0.1) is 0 Å². The molecule has 1 aromatic carbocycles. The van der Waals surface area contributed by atoms with E-state index in [4.69, 9.17) is 17.3 Å². The monoisotopic (exact) mass is 264 g/mol. The Kier molecular flexibility index (Phi) is 3.53. The molecule has 1 heterocycles. The average Bonchev–Trinajstić information content (AvgIpc) is 2.35. The van der Waals surface area contributed by atoms with Crippen molar-refractivity contribution < 1.29 is 0 Å². The van der Waals surface area contributed by atoms with Crippen molar-refractivity contribution >= 4 is 23.0 Å². The third-order valence-corrected chi connectivity index (χ3v) is 2.88. The lowest BCUT2D eigenvalue weighted by atomic mass is 10.2. The highest BCUT2D eigenvalue weighted by Crippen LogP contribution is 2.16. The number of aromatic nitrogens is 2. The maximum Gasteiger partial charge on any atom is 0.287 e. The molecule has 0 aliphatic heterocycles. The summed E-state index contributed by atoms with van der Waals surface area (Å²) in [5, 5.41) is 7.10. The number of rotatable bonds is 3. The fourth-order valence-electron chi connectivity index (χ4n) is 1.53. The van der Waals surface area contributed by atoms with Crippen molar-refractivity contribution in [1.29, 1.82) is 0 Å². The van der Waals surface area contributed by atoms with Crippen LogP contribution in [-0.4, -0.2) is 9.78 Å². The van der Waals surface area contributed by atoms with Gasteiger partial charge in [0.2, 0.25) is 0 Å². The number of hydrogen-bond acceptors (Lipinski definition) is 4. The van der Waals surface area contributed by atoms with E-state index in [1.54, 1.807) is 7.05 Å². The number of nitrogens with zero attached hydrogens (tertiary/aromatic N) is 2. The van der Waals surface area contributed by atoms with Crippen molar-refractivity contribution in [1.82, 2.24) is 9.78 Å². The van der Waals surface area contributed by atoms with E-state index >= 15 is 0 Å². The topological polar surface area (TPSA) is 72.9 Å². The zero-order valence-electron chi connectivity index (χ0n) is 9.85. The molecule has 0 aliphatic rings. The Hall–Kier alpha value is -2.01. The molecule has 6 heteroatoms. The third kappa shape index (κ3) is 2.62. The van der Waals surface area contributed by atoms with Gasteiger partial charge >= 0.3 is 0 Å². The highest BCUT2D eigenvalue weighted by molar-refractivity contribution is 6.32. The molecule has 0 aliphatic carbocycles. The van der Waals surface area contributed by atoms with Gasteiger partial charge < -0.3 is 11.1 Å². The van der Waals surface area contributed by atoms with Crippen molar-refractivity contribution in [3.8, 4) is 0 Å². The van der Waals surface area contributed by atoms with E-state index in [-0.39, 0.29) is 10.6 Å². The lowest BCUT2D eigenvalue weighted by Crippen LogP contribution is -2.21. The second-order valence-electron chi connectivity index (χ2n) is 3.90. The highest BCUT2D eigenvalue weighted by Gasteiger charge is 2.06. The van der Waals surface area contributed by atoms with E-state index in [0.717, 1.165) is 5.56 Å². The van der Waals surface area contributed by atoms with Crippen molar-refractivity contribution in [2.24, 2.45) is 7.05 Å². The molecular weight excluding hydrogens is 252 g/mol. The van der Waals surface area contributed by atoms with E-state index in [0.29, 0.717) is 17.9 Å². The molecule has 3 N–H and O–H groups in total. The first-order chi connectivity index (χ1) is 8.58. The number of anilines is 2. The maximum absolute atomic E-state index is 11.6. The Labute approximate surface area is 109 Å². The largest absolute Gasteiger partial charge is 0.399 e. The predicted octanol–water partition coefficient (Wildman–Crippen LogP) is 1.63. The second kappa shape index (κ2) is 5.10. The number of nitrogens with two attached hydrogens (primary N) is 1. The van der Waals surface area contributed by atoms with Gasteiger partial charge in [0.1, 0.15) is 5.02 Å². The summed E-state index contributed by atoms with van der Waals surface area (Å²) in [6.45, 7) is 0.527. The van der Waals surface area contributed by atoms with Gasteiger partial charge in [-0.2, -0.15) is 5.10 Å². The molecule has 2 rings (SSSR count). The molecule has 0 saturated carbocycles. The summed E-state index contributed by atoms with van der Waals surface area (Å²) in [4.78, 5) is 11.6. The summed E-state index contributed by atoms with van der Waals surface area (Å²) in [6.07, 6.45) is 1.52. The van der Waals surface area contributed by atoms with Gasteiger partial charge in [0.05, 0.1) is 11.9 Å². The molecule has 18 heavy (non-hydrogen) atoms. The molecule has 0 saturated heterocycles. The van der Waals surface area contributed by atoms with Gasteiger partial charge in [0.25, 0.3) is 5.56 Å². The normalized spacial score (nSPS) is 10.3. The van der Waals surface area contributed by atoms with Crippen molar-refractivity contribution in [2.75, 3.05) is 11.1 Å². The third-order valence-electron chi connectivity index (χ3n) is 2.51. The lowest BCUT2D eigenvalue weighted by molar-refractivity contribution is 0.708. The minimum atomic E-state index is -0.325. The zero-order valence-corrected chi connectivity index (χ0v) is 10.6. The first kappa shape index (κ1) is 12.4. The van der Waals surface area contributed by atoms with E-state index < -0.39 is 0 Å². The summed E-state index contributed by atoms with van der Waals surface area (Å²) in [7, 11) is 1.55. The first-order valence-corrected chi connectivity index (χ1v) is 5.76. The van der Waals surface area contributed by atoms with Crippen molar-refractivity contribution in [3.05, 3.63) is 51.4 Å². The van der Waals surface area contributed by atoms with Crippen LogP contribution in [0.2, 0.25) is 5.02 Å². The molecule has 1 aromatic heterocycles. The molecule has 94 valence electrons. The Balaban J connectivity index is 2.16. The van der Waals surface area contributed by atoms with Gasteiger partial charge in [-0.3, -0.25) is 4.79 Å². The van der Waals surface area contributed by atoms with E-state index in [2.05, 4.69) is 10.4 Å². The number of aryl methyl sites for hydroxylation is 1. The van der Waals surface area contributed by atoms with Crippen LogP contribution in [0.3, 0.4) is 0 Å². The smallest absolute Gasteiger partial charge is 0.287 e. The molecule has 0 atom stereocenters. The van der Waals surface area contributed by atoms with Crippen LogP contribution in [0.4, 0.5) is 11.4 Å². The fraction of sp³-hybridized carbons (Fsp3) is 0.167. The van der Waals surface area contributed by atoms with Crippen LogP contribution in [0.5, 0.6) is 0 Å². The maximum atomic E-state index is 11.6. The Morgan fingerprint density at radius 3 is 3.00 bits per heavy atom. The molecule has 0 amide bonds. The Morgan fingerprint density at radius 2 is 2.28 bits per heavy atom. The number of nitrogen functional groups attached to an aromatic ring is 1. The Bertz CT molecular complexity index is 624. The van der Waals surface area contributed by atoms with Gasteiger partial charge in [-0.1, -0.05) is 23.7 Å². The van der Waals surface area contributed by atoms with Crippen LogP contribution < -0.4 is 16.6 Å². The molecule has 2 aromatic rings. The van der Waals surface area contributed by atoms with Crippen LogP contribution in [0.15, 0.2) is 35.3 Å². The van der Waals surface area contributed by atoms with Crippen LogP contribution in [0.25, 0.3) is 0 Å². The van der Waals surface area contributed by atoms with Crippen LogP contribution in [-0.2, 0) is 13.6 Å². The summed E-state index contributed by atoms with van der Waals surface area (Å²) in [5.74, 6) is 0. The van der Waals surface area contributed by atoms with E-state index in [1.807, 2.05) is 24.3 Å². The van der Waals surface area contributed by atoms with Crippen molar-refractivity contribution in [2.45, 2.75) is 6.54 Å². The summed E-state index contributed by atoms with van der Waals surface area (Å²) in [5.41, 5.74) is 7.58. The zero-order chi connectivity index (χ0) is 13.1. The highest BCUT2D eigenvalue weighted by atomic mass is 35.5. The van der Waals surface area contributed by atoms with E-state index in [9.17, 15) is 4.79 Å². The standard InChI is InChI=1S/C12H13ClN4O/c1-17-12(18)11(13)10(7-16-17)15-6-8-3-2-4-9(14)5-8/h2-5,7,15H,6,14H2,1H3. The molecule has 0 radical (unpaired) electrons. The fourth-order valence-corrected chi connectivity index (χ4v) is 1.77. The summed E-state index contributed by atoms with van der Waals surface area (Å²) < 4.78 is 1.19. The van der Waals surface area contributed by atoms with Gasteiger partial charge in [0.15, 0.2) is 0 Å². The van der Waals surface area contributed by atoms with Gasteiger partial charge in [0, 0.05) is 19.3 Å². The van der Waals surface area contributed by atoms with Crippen LogP contribution >= 0.6 is 11.6 Å². The average molecular weight is 265 g/mol. The number of benzene rings is 1. The van der Waals surface area contributed by atoms with Gasteiger partial charge in [-0.05, 0) is 17.7 Å². The SMILES string of the molecule is Cn1ncc(NCc2cccc(N)c2)c(Cl)c1=O. The van der Waals surface area contributed by atoms with Crippen LogP contribution in [0.1, 0.15) is 5.56 Å². The molecule has 0 bridgehead atoms. The second-order valence-corrected chi connectivity index (χ2v) is 4.28. The quantitative estimate of drug-likeness (QED) is 0.827. The first-order valence-electron chi connectivity index (χ1n) is 5.38. The Morgan fingerprint density at radius 1 is 1.50 bits per heavy atom. The molecule has 0 fully saturated rings. The summed E-state index contributed by atoms with van der Waals surface area (Å²) in [6, 6.07) is 7.48. The number of hydrogen-bond donors (Lipinski definition) is 2. The van der Waals surface area contributed by atoms with E-state index in [1.165, 1.54) is 10.9 Å². The minimum Gasteiger partial charge on any atom is -0.399 e. The number of nitrogens with one attached hydrogen (secondary N) is 1. The number of halogens is 1. The summed E-state index contributed by atoms with van der Waals surface area (Å²) >= 11 is 5.94. The van der Waals surface area contributed by atoms with Crippen molar-refractivity contribution in [3.63, 3.8) is 0 Å². The molecule has 0 spiro atoms.